The van der Waals surface area contributed by atoms with Gasteiger partial charge in [0.05, 0.1) is 22.0 Å². The summed E-state index contributed by atoms with van der Waals surface area (Å²) in [6, 6.07) is 4.76. The third-order valence-electron chi connectivity index (χ3n) is 3.57. The van der Waals surface area contributed by atoms with Gasteiger partial charge in [-0.2, -0.15) is 5.10 Å². The normalized spacial score (nSPS) is 14.3. The molecule has 0 radical (unpaired) electrons. The highest BCUT2D eigenvalue weighted by Gasteiger charge is 2.28. The number of hydrogen-bond donors (Lipinski definition) is 1. The zero-order chi connectivity index (χ0) is 15.1. The van der Waals surface area contributed by atoms with Crippen LogP contribution in [0.1, 0.15) is 29.4 Å². The van der Waals surface area contributed by atoms with Gasteiger partial charge in [0.1, 0.15) is 5.82 Å². The first kappa shape index (κ1) is 15.0. The maximum absolute atomic E-state index is 13.7. The molecule has 5 heteroatoms. The highest BCUT2D eigenvalue weighted by molar-refractivity contribution is 6.31. The first-order valence-electron chi connectivity index (χ1n) is 6.39. The molecule has 0 saturated heterocycles. The summed E-state index contributed by atoms with van der Waals surface area (Å²) in [5, 5.41) is 15.4. The number of halogens is 2. The standard InChI is InChI=1S/C15H18ClFN2O/c1-9-5-6-11(7-12(9)17)15(3,20)8-13-14(16)10(2)18-19(13)4/h5-7,20H,8H2,1-4H3. The predicted molar refractivity (Wildman–Crippen MR) is 77.4 cm³/mol. The molecule has 0 fully saturated rings. The van der Waals surface area contributed by atoms with Crippen molar-refractivity contribution in [3.8, 4) is 0 Å². The average Bonchev–Trinajstić information content (AvgIpc) is 2.59. The largest absolute Gasteiger partial charge is 0.385 e. The highest BCUT2D eigenvalue weighted by Crippen LogP contribution is 2.30. The van der Waals surface area contributed by atoms with E-state index in [0.717, 1.165) is 11.4 Å². The lowest BCUT2D eigenvalue weighted by atomic mass is 9.90. The van der Waals surface area contributed by atoms with Gasteiger partial charge in [0.2, 0.25) is 0 Å². The Hall–Kier alpha value is -1.39. The molecule has 1 N–H and O–H groups in total. The molecule has 2 aromatic rings. The number of aromatic nitrogens is 2. The van der Waals surface area contributed by atoms with Crippen molar-refractivity contribution in [3.63, 3.8) is 0 Å². The first-order valence-corrected chi connectivity index (χ1v) is 6.77. The average molecular weight is 297 g/mol. The van der Waals surface area contributed by atoms with Crippen molar-refractivity contribution in [1.82, 2.24) is 9.78 Å². The number of aliphatic hydroxyl groups is 1. The van der Waals surface area contributed by atoms with Gasteiger partial charge in [0.15, 0.2) is 0 Å². The van der Waals surface area contributed by atoms with E-state index in [9.17, 15) is 9.50 Å². The van der Waals surface area contributed by atoms with Gasteiger partial charge >= 0.3 is 0 Å². The summed E-state index contributed by atoms with van der Waals surface area (Å²) in [7, 11) is 1.78. The Morgan fingerprint density at radius 2 is 2.05 bits per heavy atom. The van der Waals surface area contributed by atoms with E-state index in [4.69, 9.17) is 11.6 Å². The van der Waals surface area contributed by atoms with Crippen LogP contribution in [-0.2, 0) is 19.1 Å². The lowest BCUT2D eigenvalue weighted by molar-refractivity contribution is 0.0553. The second-order valence-corrected chi connectivity index (χ2v) is 5.76. The molecule has 0 saturated carbocycles. The van der Waals surface area contributed by atoms with E-state index >= 15 is 0 Å². The van der Waals surface area contributed by atoms with E-state index in [-0.39, 0.29) is 12.2 Å². The van der Waals surface area contributed by atoms with E-state index in [0.29, 0.717) is 16.1 Å². The Balaban J connectivity index is 2.37. The van der Waals surface area contributed by atoms with Gasteiger partial charge in [-0.05, 0) is 38.0 Å². The lowest BCUT2D eigenvalue weighted by Gasteiger charge is -2.24. The maximum atomic E-state index is 13.7. The SMILES string of the molecule is Cc1ccc(C(C)(O)Cc2c(Cl)c(C)nn2C)cc1F. The van der Waals surface area contributed by atoms with Crippen molar-refractivity contribution >= 4 is 11.6 Å². The van der Waals surface area contributed by atoms with Crippen LogP contribution in [0.2, 0.25) is 5.02 Å². The minimum Gasteiger partial charge on any atom is -0.385 e. The van der Waals surface area contributed by atoms with E-state index in [2.05, 4.69) is 5.10 Å². The molecule has 1 unspecified atom stereocenters. The van der Waals surface area contributed by atoms with Gasteiger partial charge in [0.25, 0.3) is 0 Å². The van der Waals surface area contributed by atoms with Crippen LogP contribution < -0.4 is 0 Å². The Bertz CT molecular complexity index is 650. The zero-order valence-electron chi connectivity index (χ0n) is 12.0. The van der Waals surface area contributed by atoms with Crippen LogP contribution in [0.15, 0.2) is 18.2 Å². The van der Waals surface area contributed by atoms with Crippen molar-refractivity contribution < 1.29 is 9.50 Å². The minimum atomic E-state index is -1.21. The summed E-state index contributed by atoms with van der Waals surface area (Å²) in [5.41, 5.74) is 1.32. The molecular weight excluding hydrogens is 279 g/mol. The van der Waals surface area contributed by atoms with Crippen molar-refractivity contribution in [2.75, 3.05) is 0 Å². The summed E-state index contributed by atoms with van der Waals surface area (Å²) < 4.78 is 15.3. The molecule has 1 aromatic heterocycles. The molecule has 0 aliphatic heterocycles. The lowest BCUT2D eigenvalue weighted by Crippen LogP contribution is -2.26. The molecule has 0 amide bonds. The van der Waals surface area contributed by atoms with Crippen LogP contribution in [0.25, 0.3) is 0 Å². The fourth-order valence-corrected chi connectivity index (χ4v) is 2.46. The number of nitrogens with zero attached hydrogens (tertiary/aromatic N) is 2. The van der Waals surface area contributed by atoms with Crippen molar-refractivity contribution in [1.29, 1.82) is 0 Å². The fraction of sp³-hybridized carbons (Fsp3) is 0.400. The number of benzene rings is 1. The topological polar surface area (TPSA) is 38.1 Å². The Labute approximate surface area is 123 Å². The van der Waals surface area contributed by atoms with E-state index < -0.39 is 5.60 Å². The molecule has 0 spiro atoms. The number of rotatable bonds is 3. The molecule has 2 rings (SSSR count). The quantitative estimate of drug-likeness (QED) is 0.944. The van der Waals surface area contributed by atoms with Crippen molar-refractivity contribution in [3.05, 3.63) is 51.6 Å². The molecule has 0 bridgehead atoms. The Morgan fingerprint density at radius 3 is 2.55 bits per heavy atom. The molecule has 108 valence electrons. The van der Waals surface area contributed by atoms with Gasteiger partial charge in [-0.25, -0.2) is 4.39 Å². The zero-order valence-corrected chi connectivity index (χ0v) is 12.8. The van der Waals surface area contributed by atoms with Crippen molar-refractivity contribution in [2.24, 2.45) is 7.05 Å². The smallest absolute Gasteiger partial charge is 0.126 e. The molecule has 0 aliphatic carbocycles. The van der Waals surface area contributed by atoms with Gasteiger partial charge in [-0.1, -0.05) is 23.7 Å². The van der Waals surface area contributed by atoms with Gasteiger partial charge in [0, 0.05) is 13.5 Å². The second kappa shape index (κ2) is 5.19. The van der Waals surface area contributed by atoms with Crippen LogP contribution in [0.5, 0.6) is 0 Å². The van der Waals surface area contributed by atoms with Crippen LogP contribution in [0.4, 0.5) is 4.39 Å². The number of aryl methyl sites for hydroxylation is 3. The monoisotopic (exact) mass is 296 g/mol. The molecule has 20 heavy (non-hydrogen) atoms. The summed E-state index contributed by atoms with van der Waals surface area (Å²) in [4.78, 5) is 0. The highest BCUT2D eigenvalue weighted by atomic mass is 35.5. The molecule has 0 aliphatic rings. The van der Waals surface area contributed by atoms with Gasteiger partial charge < -0.3 is 5.11 Å². The van der Waals surface area contributed by atoms with E-state index in [1.54, 1.807) is 37.7 Å². The number of hydrogen-bond acceptors (Lipinski definition) is 2. The third kappa shape index (κ3) is 2.72. The van der Waals surface area contributed by atoms with Gasteiger partial charge in [-0.3, -0.25) is 4.68 Å². The molecule has 1 heterocycles. The fourth-order valence-electron chi connectivity index (χ4n) is 2.23. The first-order chi connectivity index (χ1) is 9.22. The second-order valence-electron chi connectivity index (χ2n) is 5.38. The summed E-state index contributed by atoms with van der Waals surface area (Å²) >= 11 is 6.20. The maximum Gasteiger partial charge on any atom is 0.126 e. The van der Waals surface area contributed by atoms with Crippen molar-refractivity contribution in [2.45, 2.75) is 32.8 Å². The third-order valence-corrected chi connectivity index (χ3v) is 4.06. The van der Waals surface area contributed by atoms with Crippen LogP contribution in [0.3, 0.4) is 0 Å². The van der Waals surface area contributed by atoms with E-state index in [1.165, 1.54) is 6.07 Å². The van der Waals surface area contributed by atoms with E-state index in [1.807, 2.05) is 6.92 Å². The predicted octanol–water partition coefficient (Wildman–Crippen LogP) is 3.28. The molecular formula is C15H18ClFN2O. The minimum absolute atomic E-state index is 0.270. The molecule has 3 nitrogen and oxygen atoms in total. The van der Waals surface area contributed by atoms with Gasteiger partial charge in [-0.15, -0.1) is 0 Å². The van der Waals surface area contributed by atoms with Crippen LogP contribution in [-0.4, -0.2) is 14.9 Å². The Morgan fingerprint density at radius 1 is 1.40 bits per heavy atom. The molecule has 1 atom stereocenters. The Kier molecular flexibility index (Phi) is 3.89. The van der Waals surface area contributed by atoms with Crippen LogP contribution in [0, 0.1) is 19.7 Å². The summed E-state index contributed by atoms with van der Waals surface area (Å²) in [6.07, 6.45) is 0.270. The van der Waals surface area contributed by atoms with Crippen LogP contribution >= 0.6 is 11.6 Å². The summed E-state index contributed by atoms with van der Waals surface area (Å²) in [5.74, 6) is -0.324. The molecule has 1 aromatic carbocycles. The summed E-state index contributed by atoms with van der Waals surface area (Å²) in [6.45, 7) is 5.15.